The molecule has 27 heavy (non-hydrogen) atoms. The molecule has 5 nitrogen and oxygen atoms in total. The van der Waals surface area contributed by atoms with Crippen LogP contribution in [0.4, 0.5) is 0 Å². The van der Waals surface area contributed by atoms with Crippen LogP contribution in [0.15, 0.2) is 48.5 Å². The van der Waals surface area contributed by atoms with E-state index in [9.17, 15) is 10.2 Å². The van der Waals surface area contributed by atoms with Gasteiger partial charge in [0.15, 0.2) is 0 Å². The van der Waals surface area contributed by atoms with Crippen molar-refractivity contribution >= 4 is 21.5 Å². The first-order chi connectivity index (χ1) is 13.1. The van der Waals surface area contributed by atoms with Crippen LogP contribution in [-0.4, -0.2) is 47.3 Å². The normalized spacial score (nSPS) is 12.0. The fourth-order valence-corrected chi connectivity index (χ4v) is 3.13. The van der Waals surface area contributed by atoms with E-state index in [1.165, 1.54) is 0 Å². The van der Waals surface area contributed by atoms with Crippen LogP contribution in [0, 0.1) is 0 Å². The van der Waals surface area contributed by atoms with E-state index in [-0.39, 0.29) is 19.8 Å². The van der Waals surface area contributed by atoms with Crippen molar-refractivity contribution < 1.29 is 20.1 Å². The summed E-state index contributed by atoms with van der Waals surface area (Å²) in [5.74, 6) is 0.825. The van der Waals surface area contributed by atoms with Gasteiger partial charge in [0.25, 0.3) is 0 Å². The van der Waals surface area contributed by atoms with E-state index in [2.05, 4.69) is 17.4 Å². The Kier molecular flexibility index (Phi) is 6.29. The number of hydrogen-bond donors (Lipinski definition) is 4. The molecule has 3 aromatic rings. The summed E-state index contributed by atoms with van der Waals surface area (Å²) < 4.78 is 6.06. The van der Waals surface area contributed by atoms with E-state index < -0.39 is 5.54 Å². The number of aliphatic hydroxyl groups excluding tert-OH is 3. The van der Waals surface area contributed by atoms with Gasteiger partial charge < -0.3 is 25.4 Å². The largest absolute Gasteiger partial charge is 0.492 e. The summed E-state index contributed by atoms with van der Waals surface area (Å²) in [6.45, 7) is 2.56. The van der Waals surface area contributed by atoms with Crippen LogP contribution < -0.4 is 10.1 Å². The zero-order chi connectivity index (χ0) is 19.3. The first-order valence-corrected chi connectivity index (χ1v) is 9.25. The molecule has 0 saturated heterocycles. The molecule has 0 atom stereocenters. The molecule has 3 rings (SSSR count). The zero-order valence-electron chi connectivity index (χ0n) is 15.6. The van der Waals surface area contributed by atoms with Gasteiger partial charge in [0.1, 0.15) is 5.75 Å². The number of nitrogens with one attached hydrogen (secondary N) is 1. The number of ether oxygens (including phenoxy) is 1. The maximum absolute atomic E-state index is 9.52. The predicted molar refractivity (Wildman–Crippen MR) is 108 cm³/mol. The summed E-state index contributed by atoms with van der Waals surface area (Å²) in [5, 5.41) is 35.6. The van der Waals surface area contributed by atoms with Crippen molar-refractivity contribution in [2.45, 2.75) is 25.4 Å². The molecule has 0 radical (unpaired) electrons. The van der Waals surface area contributed by atoms with Crippen LogP contribution in [-0.2, 0) is 6.54 Å². The summed E-state index contributed by atoms with van der Waals surface area (Å²) in [7, 11) is 0. The Balaban J connectivity index is 2.06. The summed E-state index contributed by atoms with van der Waals surface area (Å²) in [4.78, 5) is 0. The van der Waals surface area contributed by atoms with Crippen molar-refractivity contribution in [3.8, 4) is 5.75 Å². The molecule has 0 bridgehead atoms. The highest BCUT2D eigenvalue weighted by Crippen LogP contribution is 2.36. The van der Waals surface area contributed by atoms with Gasteiger partial charge in [-0.15, -0.1) is 0 Å². The Morgan fingerprint density at radius 1 is 0.926 bits per heavy atom. The van der Waals surface area contributed by atoms with E-state index in [1.54, 1.807) is 6.92 Å². The SMILES string of the molecule is CC(CO)(CO)NCc1cccc2c(OCCCO)c3ccccc3cc12. The first kappa shape index (κ1) is 19.6. The van der Waals surface area contributed by atoms with Gasteiger partial charge in [0.2, 0.25) is 0 Å². The summed E-state index contributed by atoms with van der Waals surface area (Å²) >= 11 is 0. The minimum Gasteiger partial charge on any atom is -0.492 e. The van der Waals surface area contributed by atoms with Crippen molar-refractivity contribution in [2.75, 3.05) is 26.4 Å². The number of aliphatic hydroxyl groups is 3. The quantitative estimate of drug-likeness (QED) is 0.344. The Hall–Kier alpha value is -2.18. The van der Waals surface area contributed by atoms with Gasteiger partial charge in [-0.1, -0.05) is 42.5 Å². The Labute approximate surface area is 159 Å². The van der Waals surface area contributed by atoms with Crippen molar-refractivity contribution in [3.05, 3.63) is 54.1 Å². The standard InChI is InChI=1S/C22H27NO4/c1-22(14-25,15-26)23-13-17-7-4-9-19-20(17)12-16-6-2-3-8-18(16)21(19)27-11-5-10-24/h2-4,6-9,12,23-26H,5,10-11,13-15H2,1H3. The minimum atomic E-state index is -0.737. The molecule has 0 unspecified atom stereocenters. The second-order valence-electron chi connectivity index (χ2n) is 7.10. The van der Waals surface area contributed by atoms with Crippen molar-refractivity contribution in [3.63, 3.8) is 0 Å². The predicted octanol–water partition coefficient (Wildman–Crippen LogP) is 2.59. The van der Waals surface area contributed by atoms with E-state index in [0.717, 1.165) is 32.9 Å². The van der Waals surface area contributed by atoms with Crippen LogP contribution >= 0.6 is 0 Å². The van der Waals surface area contributed by atoms with Crippen LogP contribution in [0.1, 0.15) is 18.9 Å². The topological polar surface area (TPSA) is 82.0 Å². The van der Waals surface area contributed by atoms with E-state index in [0.29, 0.717) is 19.6 Å². The van der Waals surface area contributed by atoms with Gasteiger partial charge in [-0.2, -0.15) is 0 Å². The summed E-state index contributed by atoms with van der Waals surface area (Å²) in [5.41, 5.74) is 0.331. The highest BCUT2D eigenvalue weighted by atomic mass is 16.5. The molecule has 0 heterocycles. The van der Waals surface area contributed by atoms with Gasteiger partial charge in [-0.25, -0.2) is 0 Å². The van der Waals surface area contributed by atoms with Crippen molar-refractivity contribution in [2.24, 2.45) is 0 Å². The van der Waals surface area contributed by atoms with Crippen molar-refractivity contribution in [1.82, 2.24) is 5.32 Å². The molecule has 144 valence electrons. The van der Waals surface area contributed by atoms with Gasteiger partial charge in [0, 0.05) is 30.3 Å². The van der Waals surface area contributed by atoms with Crippen molar-refractivity contribution in [1.29, 1.82) is 0 Å². The van der Waals surface area contributed by atoms with Crippen LogP contribution in [0.25, 0.3) is 21.5 Å². The zero-order valence-corrected chi connectivity index (χ0v) is 15.6. The first-order valence-electron chi connectivity index (χ1n) is 9.25. The fraction of sp³-hybridized carbons (Fsp3) is 0.364. The second-order valence-corrected chi connectivity index (χ2v) is 7.10. The lowest BCUT2D eigenvalue weighted by Crippen LogP contribution is -2.48. The lowest BCUT2D eigenvalue weighted by Gasteiger charge is -2.26. The third-order valence-electron chi connectivity index (χ3n) is 4.90. The minimum absolute atomic E-state index is 0.0960. The Morgan fingerprint density at radius 3 is 2.41 bits per heavy atom. The monoisotopic (exact) mass is 369 g/mol. The van der Waals surface area contributed by atoms with Crippen LogP contribution in [0.2, 0.25) is 0 Å². The molecule has 0 fully saturated rings. The second kappa shape index (κ2) is 8.67. The number of hydrogen-bond acceptors (Lipinski definition) is 5. The highest BCUT2D eigenvalue weighted by Gasteiger charge is 2.21. The maximum atomic E-state index is 9.52. The highest BCUT2D eigenvalue weighted by molar-refractivity contribution is 6.06. The van der Waals surface area contributed by atoms with Crippen LogP contribution in [0.5, 0.6) is 5.75 Å². The van der Waals surface area contributed by atoms with E-state index in [1.807, 2.05) is 36.4 Å². The Bertz CT molecular complexity index is 905. The molecule has 3 aromatic carbocycles. The van der Waals surface area contributed by atoms with E-state index >= 15 is 0 Å². The van der Waals surface area contributed by atoms with Gasteiger partial charge in [0.05, 0.1) is 25.4 Å². The number of fused-ring (bicyclic) bond motifs is 2. The third kappa shape index (κ3) is 4.22. The molecule has 5 heteroatoms. The number of benzene rings is 3. The lowest BCUT2D eigenvalue weighted by molar-refractivity contribution is 0.103. The average molecular weight is 369 g/mol. The molecule has 0 aliphatic carbocycles. The molecule has 0 aromatic heterocycles. The average Bonchev–Trinajstić information content (AvgIpc) is 2.71. The molecule has 0 amide bonds. The van der Waals surface area contributed by atoms with Crippen LogP contribution in [0.3, 0.4) is 0 Å². The molecular formula is C22H27NO4. The molecule has 0 aliphatic rings. The fourth-order valence-electron chi connectivity index (χ4n) is 3.13. The maximum Gasteiger partial charge on any atom is 0.134 e. The molecule has 0 saturated carbocycles. The smallest absolute Gasteiger partial charge is 0.134 e. The summed E-state index contributed by atoms with van der Waals surface area (Å²) in [6, 6.07) is 16.3. The third-order valence-corrected chi connectivity index (χ3v) is 4.90. The Morgan fingerprint density at radius 2 is 1.67 bits per heavy atom. The van der Waals surface area contributed by atoms with E-state index in [4.69, 9.17) is 9.84 Å². The van der Waals surface area contributed by atoms with Gasteiger partial charge in [-0.3, -0.25) is 0 Å². The van der Waals surface area contributed by atoms with Gasteiger partial charge in [-0.05, 0) is 29.3 Å². The number of rotatable bonds is 9. The van der Waals surface area contributed by atoms with Gasteiger partial charge >= 0.3 is 0 Å². The summed E-state index contributed by atoms with van der Waals surface area (Å²) in [6.07, 6.45) is 0.581. The molecule has 4 N–H and O–H groups in total. The molecule has 0 aliphatic heterocycles. The molecule has 0 spiro atoms. The lowest BCUT2D eigenvalue weighted by atomic mass is 9.97. The molecular weight excluding hydrogens is 342 g/mol.